The van der Waals surface area contributed by atoms with E-state index in [1.165, 1.54) is 25.9 Å². The molecule has 3 atom stereocenters. The van der Waals surface area contributed by atoms with Crippen LogP contribution in [-0.4, -0.2) is 135 Å². The van der Waals surface area contributed by atoms with Gasteiger partial charge >= 0.3 is 12.2 Å². The summed E-state index contributed by atoms with van der Waals surface area (Å²) in [5, 5.41) is 21.7. The first-order chi connectivity index (χ1) is 21.9. The SMILES string of the molecule is CNC(=O)OCC[C@H](CSC[C@H](N)C(=O)N[C@@H](CO)C(=O)NCCOC(C)(C)COC(C)(C)CCC(=O)NCC(N)=O)OC(=O)NC. The largest absolute Gasteiger partial charge is 0.449 e. The molecule has 18 nitrogen and oxygen atoms in total. The van der Waals surface area contributed by atoms with Gasteiger partial charge in [0.25, 0.3) is 0 Å². The molecule has 0 rings (SSSR count). The molecule has 0 saturated carbocycles. The molecule has 47 heavy (non-hydrogen) atoms. The zero-order chi connectivity index (χ0) is 36.0. The van der Waals surface area contributed by atoms with Crippen LogP contribution in [0.1, 0.15) is 47.0 Å². The molecule has 0 aromatic rings. The average Bonchev–Trinajstić information content (AvgIpc) is 3.02. The van der Waals surface area contributed by atoms with Crippen LogP contribution in [0.25, 0.3) is 0 Å². The van der Waals surface area contributed by atoms with Gasteiger partial charge in [-0.15, -0.1) is 0 Å². The molecule has 0 bridgehead atoms. The van der Waals surface area contributed by atoms with Gasteiger partial charge in [-0.3, -0.25) is 19.2 Å². The molecule has 0 fully saturated rings. The molecule has 0 spiro atoms. The summed E-state index contributed by atoms with van der Waals surface area (Å²) in [5.74, 6) is -1.88. The van der Waals surface area contributed by atoms with Crippen molar-refractivity contribution in [2.75, 3.05) is 65.1 Å². The van der Waals surface area contributed by atoms with Crippen molar-refractivity contribution < 1.29 is 52.8 Å². The summed E-state index contributed by atoms with van der Waals surface area (Å²) in [6.45, 7) is 6.72. The van der Waals surface area contributed by atoms with Crippen LogP contribution in [0.2, 0.25) is 0 Å². The highest BCUT2D eigenvalue weighted by atomic mass is 32.2. The third kappa shape index (κ3) is 21.9. The minimum Gasteiger partial charge on any atom is -0.449 e. The molecule has 0 aliphatic heterocycles. The maximum atomic E-state index is 12.6. The number of hydrogen-bond donors (Lipinski definition) is 8. The summed E-state index contributed by atoms with van der Waals surface area (Å²) >= 11 is 1.22. The first kappa shape index (κ1) is 43.6. The van der Waals surface area contributed by atoms with Gasteiger partial charge in [0, 0.05) is 45.0 Å². The van der Waals surface area contributed by atoms with Crippen molar-refractivity contribution in [3.8, 4) is 0 Å². The number of rotatable bonds is 24. The summed E-state index contributed by atoms with van der Waals surface area (Å²) in [6.07, 6.45) is -1.17. The molecule has 0 aromatic heterocycles. The Morgan fingerprint density at radius 3 is 2.13 bits per heavy atom. The second-order valence-electron chi connectivity index (χ2n) is 11.5. The number of aliphatic hydroxyl groups excluding tert-OH is 1. The maximum Gasteiger partial charge on any atom is 0.407 e. The topological polar surface area (TPSA) is 272 Å². The normalized spacial score (nSPS) is 13.4. The van der Waals surface area contributed by atoms with E-state index in [0.29, 0.717) is 6.42 Å². The second-order valence-corrected chi connectivity index (χ2v) is 12.6. The molecular weight excluding hydrogens is 642 g/mol. The van der Waals surface area contributed by atoms with Crippen LogP contribution in [0, 0.1) is 0 Å². The fourth-order valence-corrected chi connectivity index (χ4v) is 4.45. The molecule has 0 radical (unpaired) electrons. The number of carbonyl (C=O) groups is 6. The van der Waals surface area contributed by atoms with E-state index in [-0.39, 0.29) is 63.2 Å². The predicted molar refractivity (Wildman–Crippen MR) is 173 cm³/mol. The number of primary amides is 1. The van der Waals surface area contributed by atoms with Gasteiger partial charge in [0.15, 0.2) is 0 Å². The van der Waals surface area contributed by atoms with Gasteiger partial charge in [-0.25, -0.2) is 9.59 Å². The molecule has 0 aromatic carbocycles. The first-order valence-corrected chi connectivity index (χ1v) is 16.2. The monoisotopic (exact) mass is 695 g/mol. The molecule has 10 N–H and O–H groups in total. The van der Waals surface area contributed by atoms with Gasteiger partial charge in [0.2, 0.25) is 23.6 Å². The van der Waals surface area contributed by atoms with E-state index in [9.17, 15) is 33.9 Å². The Morgan fingerprint density at radius 1 is 0.872 bits per heavy atom. The van der Waals surface area contributed by atoms with E-state index in [4.69, 9.17) is 30.4 Å². The molecule has 0 saturated heterocycles. The summed E-state index contributed by atoms with van der Waals surface area (Å²) in [6, 6.07) is -2.29. The van der Waals surface area contributed by atoms with Gasteiger partial charge in [-0.05, 0) is 34.1 Å². The Kier molecular flexibility index (Phi) is 21.4. The van der Waals surface area contributed by atoms with Gasteiger partial charge in [0.05, 0.1) is 50.2 Å². The minimum absolute atomic E-state index is 0.000707. The molecule has 19 heteroatoms. The number of alkyl carbamates (subject to hydrolysis) is 2. The third-order valence-electron chi connectivity index (χ3n) is 6.23. The molecule has 0 aliphatic carbocycles. The third-order valence-corrected chi connectivity index (χ3v) is 7.43. The number of thioether (sulfide) groups is 1. The Labute approximate surface area is 279 Å². The van der Waals surface area contributed by atoms with Crippen molar-refractivity contribution in [2.45, 2.75) is 76.3 Å². The Bertz CT molecular complexity index is 1020. The highest BCUT2D eigenvalue weighted by Crippen LogP contribution is 2.20. The number of amides is 6. The minimum atomic E-state index is -1.25. The second kappa shape index (κ2) is 23.0. The summed E-state index contributed by atoms with van der Waals surface area (Å²) in [7, 11) is 2.81. The van der Waals surface area contributed by atoms with Crippen LogP contribution in [0.5, 0.6) is 0 Å². The van der Waals surface area contributed by atoms with Crippen molar-refractivity contribution in [1.29, 1.82) is 0 Å². The van der Waals surface area contributed by atoms with Crippen molar-refractivity contribution in [3.05, 3.63) is 0 Å². The lowest BCUT2D eigenvalue weighted by Gasteiger charge is -2.32. The van der Waals surface area contributed by atoms with Crippen molar-refractivity contribution in [2.24, 2.45) is 11.5 Å². The van der Waals surface area contributed by atoms with Gasteiger partial charge in [0.1, 0.15) is 12.1 Å². The van der Waals surface area contributed by atoms with E-state index >= 15 is 0 Å². The fourth-order valence-electron chi connectivity index (χ4n) is 3.41. The maximum absolute atomic E-state index is 12.6. The van der Waals surface area contributed by atoms with Crippen LogP contribution in [-0.2, 0) is 38.1 Å². The first-order valence-electron chi connectivity index (χ1n) is 15.0. The van der Waals surface area contributed by atoms with Crippen molar-refractivity contribution >= 4 is 47.6 Å². The highest BCUT2D eigenvalue weighted by molar-refractivity contribution is 7.99. The van der Waals surface area contributed by atoms with Crippen LogP contribution in [0.3, 0.4) is 0 Å². The standard InChI is InChI=1S/C28H53N7O11S/c1-27(2,9-7-22(38)34-13-21(30)37)45-17-28(3,4)44-12-10-33-24(40)20(14-36)35-23(39)19(29)16-47-15-18(46-26(42)32-6)8-11-43-25(41)31-5/h18-20,36H,7-17,29H2,1-6H3,(H2,30,37)(H,31,41)(H,32,42)(H,33,40)(H,34,38)(H,35,39)/t18-,19+,20+/m1/s1. The van der Waals surface area contributed by atoms with E-state index in [1.807, 2.05) is 13.8 Å². The predicted octanol–water partition coefficient (Wildman–Crippen LogP) is -1.92. The quantitative estimate of drug-likeness (QED) is 0.0513. The lowest BCUT2D eigenvalue weighted by atomic mass is 10.0. The Balaban J connectivity index is 4.58. The molecule has 0 aliphatic rings. The van der Waals surface area contributed by atoms with Crippen LogP contribution < -0.4 is 38.1 Å². The smallest absolute Gasteiger partial charge is 0.407 e. The zero-order valence-corrected chi connectivity index (χ0v) is 28.9. The summed E-state index contributed by atoms with van der Waals surface area (Å²) in [5.41, 5.74) is 9.58. The Hall–Kier alpha value is -3.39. The van der Waals surface area contributed by atoms with Gasteiger partial charge in [-0.2, -0.15) is 11.8 Å². The lowest BCUT2D eigenvalue weighted by Crippen LogP contribution is -2.54. The molecule has 0 heterocycles. The van der Waals surface area contributed by atoms with Crippen LogP contribution in [0.4, 0.5) is 9.59 Å². The van der Waals surface area contributed by atoms with Crippen molar-refractivity contribution in [3.63, 3.8) is 0 Å². The van der Waals surface area contributed by atoms with E-state index in [1.54, 1.807) is 13.8 Å². The number of ether oxygens (including phenoxy) is 4. The number of nitrogens with two attached hydrogens (primary N) is 2. The van der Waals surface area contributed by atoms with E-state index in [0.717, 1.165) is 0 Å². The average molecular weight is 696 g/mol. The Morgan fingerprint density at radius 2 is 1.53 bits per heavy atom. The van der Waals surface area contributed by atoms with E-state index in [2.05, 4.69) is 26.6 Å². The highest BCUT2D eigenvalue weighted by Gasteiger charge is 2.27. The molecule has 6 amide bonds. The fraction of sp³-hybridized carbons (Fsp3) is 0.786. The van der Waals surface area contributed by atoms with Crippen LogP contribution >= 0.6 is 11.8 Å². The number of nitrogens with one attached hydrogen (secondary N) is 5. The van der Waals surface area contributed by atoms with Gasteiger partial charge in [-0.1, -0.05) is 0 Å². The molecule has 0 unspecified atom stereocenters. The summed E-state index contributed by atoms with van der Waals surface area (Å²) in [4.78, 5) is 70.6. The number of carbonyl (C=O) groups excluding carboxylic acids is 6. The van der Waals surface area contributed by atoms with Gasteiger partial charge < -0.3 is 62.1 Å². The van der Waals surface area contributed by atoms with E-state index < -0.39 is 65.9 Å². The number of aliphatic hydroxyl groups is 1. The van der Waals surface area contributed by atoms with Crippen molar-refractivity contribution in [1.82, 2.24) is 26.6 Å². The molecule has 272 valence electrons. The zero-order valence-electron chi connectivity index (χ0n) is 28.1. The van der Waals surface area contributed by atoms with Crippen LogP contribution in [0.15, 0.2) is 0 Å². The molecular formula is C28H53N7O11S. The lowest BCUT2D eigenvalue weighted by molar-refractivity contribution is -0.133. The summed E-state index contributed by atoms with van der Waals surface area (Å²) < 4.78 is 21.9. The number of hydrogen-bond acceptors (Lipinski definition) is 13.